The summed E-state index contributed by atoms with van der Waals surface area (Å²) in [4.78, 5) is 10.7. The van der Waals surface area contributed by atoms with Gasteiger partial charge in [0.05, 0.1) is 24.7 Å². The van der Waals surface area contributed by atoms with Crippen molar-refractivity contribution in [2.45, 2.75) is 136 Å². The normalized spacial score (nSPS) is 9.26. The molecule has 15 heteroatoms. The number of nitrogens with one attached hydrogen (secondary N) is 1. The second kappa shape index (κ2) is 39.1. The number of hydroxylamine groups is 1. The fourth-order valence-corrected chi connectivity index (χ4v) is 6.81. The van der Waals surface area contributed by atoms with Gasteiger partial charge in [0.2, 0.25) is 0 Å². The SMILES string of the molecule is C.C.C.CC(C)=NO.CC(C)N[O-].Cc1cc(C)c(/C=N/O)c(C)c1/C=N/O.Cc1cc(C)c(CBr)c(C)c1CBr.Cc1cc(C)c(CO)c(C)c1C=O.N#N.[K+]. The van der Waals surface area contributed by atoms with E-state index >= 15 is 0 Å². The van der Waals surface area contributed by atoms with Crippen molar-refractivity contribution in [1.82, 2.24) is 5.48 Å². The zero-order valence-electron chi connectivity index (χ0n) is 34.3. The Kier molecular flexibility index (Phi) is 47.5. The third kappa shape index (κ3) is 25.0. The summed E-state index contributed by atoms with van der Waals surface area (Å²) in [6.45, 7) is 25.1. The summed E-state index contributed by atoms with van der Waals surface area (Å²) in [7, 11) is 0. The third-order valence-corrected chi connectivity index (χ3v) is 9.05. The van der Waals surface area contributed by atoms with Gasteiger partial charge in [-0.1, -0.05) is 102 Å². The Bertz CT molecular complexity index is 1630. The van der Waals surface area contributed by atoms with E-state index in [0.717, 1.165) is 67.0 Å². The molecule has 0 aliphatic carbocycles. The number of aryl methyl sites for hydroxylation is 6. The van der Waals surface area contributed by atoms with Crippen molar-refractivity contribution in [3.8, 4) is 0 Å². The number of carbonyl (C=O) groups excluding carboxylic acids is 1. The summed E-state index contributed by atoms with van der Waals surface area (Å²) in [5.41, 5.74) is 18.7. The molecule has 0 bridgehead atoms. The van der Waals surface area contributed by atoms with Crippen molar-refractivity contribution in [2.75, 3.05) is 0 Å². The van der Waals surface area contributed by atoms with E-state index in [4.69, 9.17) is 31.5 Å². The molecule has 3 rings (SSSR count). The summed E-state index contributed by atoms with van der Waals surface area (Å²) in [6, 6.07) is 6.23. The third-order valence-electron chi connectivity index (χ3n) is 7.92. The average Bonchev–Trinajstić information content (AvgIpc) is 3.11. The molecule has 0 aliphatic heterocycles. The molecule has 57 heavy (non-hydrogen) atoms. The predicted octanol–water partition coefficient (Wildman–Crippen LogP) is 8.83. The van der Waals surface area contributed by atoms with E-state index in [1.54, 1.807) is 33.2 Å². The second-order valence-corrected chi connectivity index (χ2v) is 13.6. The number of oxime groups is 3. The first-order valence-electron chi connectivity index (χ1n) is 16.4. The molecule has 0 aromatic heterocycles. The number of rotatable bonds is 7. The fraction of sp³-hybridized carbons (Fsp3) is 0.476. The van der Waals surface area contributed by atoms with Crippen LogP contribution in [0.4, 0.5) is 0 Å². The molecule has 3 aromatic carbocycles. The van der Waals surface area contributed by atoms with E-state index in [1.165, 1.54) is 40.2 Å². The Hall–Kier alpha value is -2.36. The van der Waals surface area contributed by atoms with E-state index < -0.39 is 0 Å². The van der Waals surface area contributed by atoms with E-state index in [-0.39, 0.29) is 86.3 Å². The van der Waals surface area contributed by atoms with Crippen LogP contribution in [0.3, 0.4) is 0 Å². The van der Waals surface area contributed by atoms with Gasteiger partial charge < -0.3 is 31.4 Å². The van der Waals surface area contributed by atoms with Gasteiger partial charge in [0.25, 0.3) is 0 Å². The summed E-state index contributed by atoms with van der Waals surface area (Å²) < 4.78 is 0. The summed E-state index contributed by atoms with van der Waals surface area (Å²) in [6.07, 6.45) is 3.63. The average molecular weight is 953 g/mol. The van der Waals surface area contributed by atoms with Crippen LogP contribution in [0.15, 0.2) is 33.7 Å². The largest absolute Gasteiger partial charge is 1.00 e. The molecule has 0 saturated heterocycles. The molecule has 3 aromatic rings. The van der Waals surface area contributed by atoms with Gasteiger partial charge in [-0.3, -0.25) is 4.79 Å². The molecule has 0 unspecified atom stereocenters. The van der Waals surface area contributed by atoms with Gasteiger partial charge in [-0.15, -0.1) is 0 Å². The van der Waals surface area contributed by atoms with Crippen LogP contribution in [-0.4, -0.2) is 51.2 Å². The van der Waals surface area contributed by atoms with Gasteiger partial charge in [0.15, 0.2) is 6.29 Å². The quantitative estimate of drug-likeness (QED) is 0.0290. The van der Waals surface area contributed by atoms with Crippen molar-refractivity contribution in [3.63, 3.8) is 0 Å². The Morgan fingerprint density at radius 1 is 0.684 bits per heavy atom. The molecule has 12 nitrogen and oxygen atoms in total. The van der Waals surface area contributed by atoms with Crippen LogP contribution in [0.2, 0.25) is 0 Å². The second-order valence-electron chi connectivity index (χ2n) is 12.4. The number of alkyl halides is 2. The van der Waals surface area contributed by atoms with Crippen LogP contribution in [-0.2, 0) is 17.3 Å². The molecule has 0 aliphatic rings. The van der Waals surface area contributed by atoms with E-state index in [0.29, 0.717) is 11.3 Å². The fourth-order valence-electron chi connectivity index (χ4n) is 5.08. The first-order chi connectivity index (χ1) is 24.9. The molecule has 0 fully saturated rings. The van der Waals surface area contributed by atoms with Gasteiger partial charge >= 0.3 is 51.4 Å². The van der Waals surface area contributed by atoms with Crippen molar-refractivity contribution in [1.29, 1.82) is 10.8 Å². The monoisotopic (exact) mass is 950 g/mol. The van der Waals surface area contributed by atoms with Crippen LogP contribution in [0.5, 0.6) is 0 Å². The molecule has 0 atom stereocenters. The van der Waals surface area contributed by atoms with Crippen LogP contribution < -0.4 is 56.9 Å². The van der Waals surface area contributed by atoms with Gasteiger partial charge in [0.1, 0.15) is 0 Å². The van der Waals surface area contributed by atoms with Gasteiger partial charge in [0, 0.05) is 38.1 Å². The van der Waals surface area contributed by atoms with Crippen LogP contribution in [0, 0.1) is 78.3 Å². The molecule has 5 N–H and O–H groups in total. The number of aldehydes is 1. The Labute approximate surface area is 403 Å². The molecular weight excluding hydrogens is 883 g/mol. The van der Waals surface area contributed by atoms with E-state index in [2.05, 4.69) is 74.2 Å². The first-order valence-corrected chi connectivity index (χ1v) is 18.7. The van der Waals surface area contributed by atoms with Crippen LogP contribution in [0.25, 0.3) is 0 Å². The molecular formula is C42H69Br2KN6O6. The standard InChI is InChI=1S/C11H14Br2.C11H14N2O2.C11H14O2.C3H8NO.C3H7NO.3CH4.K.N2/c1-7-4-8(2)11(6-13)9(3)10(7)5-12;1-7-4-8(2)11(6-13-15)9(3)10(7)5-12-14;1-7-4-8(2)11(6-13)9(3)10(7)5-12;2*1-3(2)4-5;;;;;1-2/h4H,5-6H2,1-3H3;4-6,14-15H,1-3H3;4-5,13H,6H2,1-3H3;3-4H,1-2H3;5H,1-2H3;3*1H4;;/q;;;-1;;;;;+1;/b;12-5+,13-6+;;;;;;;;. The van der Waals surface area contributed by atoms with Crippen molar-refractivity contribution in [2.24, 2.45) is 15.5 Å². The minimum Gasteiger partial charge on any atom is -0.788 e. The van der Waals surface area contributed by atoms with Crippen molar-refractivity contribution in [3.05, 3.63) is 107 Å². The Balaban J connectivity index is -0.000000112. The maximum Gasteiger partial charge on any atom is 1.00 e. The minimum atomic E-state index is -0.00120. The first kappa shape index (κ1) is 69.3. The number of aliphatic hydroxyl groups excluding tert-OH is 1. The van der Waals surface area contributed by atoms with E-state index in [9.17, 15) is 10.0 Å². The molecule has 0 heterocycles. The van der Waals surface area contributed by atoms with Crippen molar-refractivity contribution >= 4 is 56.3 Å². The number of nitrogens with zero attached hydrogens (tertiary/aromatic N) is 5. The van der Waals surface area contributed by atoms with Crippen LogP contribution >= 0.6 is 31.9 Å². The number of aliphatic hydroxyl groups is 1. The molecule has 318 valence electrons. The van der Waals surface area contributed by atoms with Gasteiger partial charge in [-0.05, 0) is 149 Å². The Morgan fingerprint density at radius 3 is 1.25 bits per heavy atom. The molecule has 0 radical (unpaired) electrons. The molecule has 0 amide bonds. The minimum absolute atomic E-state index is 0. The number of benzene rings is 3. The number of hydrogen-bond donors (Lipinski definition) is 5. The van der Waals surface area contributed by atoms with Crippen LogP contribution in [0.1, 0.15) is 138 Å². The maximum atomic E-state index is 10.7. The predicted molar refractivity (Wildman–Crippen MR) is 243 cm³/mol. The number of carbonyl (C=O) groups is 1. The number of hydrogen-bond acceptors (Lipinski definition) is 12. The van der Waals surface area contributed by atoms with Gasteiger partial charge in [-0.25, -0.2) is 0 Å². The van der Waals surface area contributed by atoms with Gasteiger partial charge in [-0.2, -0.15) is 0 Å². The maximum absolute atomic E-state index is 10.7. The molecule has 0 saturated carbocycles. The van der Waals surface area contributed by atoms with E-state index in [1.807, 2.05) is 53.7 Å². The number of halogens is 2. The summed E-state index contributed by atoms with van der Waals surface area (Å²) >= 11 is 7.06. The zero-order chi connectivity index (χ0) is 42.0. The summed E-state index contributed by atoms with van der Waals surface area (Å²) in [5.74, 6) is 0. The Morgan fingerprint density at radius 2 is 0.982 bits per heavy atom. The van der Waals surface area contributed by atoms with Crippen molar-refractivity contribution < 1.29 is 76.9 Å². The smallest absolute Gasteiger partial charge is 0.788 e. The topological polar surface area (TPSA) is 218 Å². The summed E-state index contributed by atoms with van der Waals surface area (Å²) in [5, 5.41) is 66.1. The zero-order valence-corrected chi connectivity index (χ0v) is 40.6. The molecule has 0 spiro atoms.